The number of aliphatic imine (C=N–C) groups is 1. The van der Waals surface area contributed by atoms with Gasteiger partial charge in [-0.25, -0.2) is 8.42 Å². The second-order valence-electron chi connectivity index (χ2n) is 7.35. The van der Waals surface area contributed by atoms with E-state index in [0.29, 0.717) is 25.5 Å². The first-order chi connectivity index (χ1) is 11.6. The lowest BCUT2D eigenvalue weighted by atomic mass is 9.85. The third-order valence-corrected chi connectivity index (χ3v) is 5.59. The van der Waals surface area contributed by atoms with Crippen LogP contribution in [0, 0.1) is 5.41 Å². The summed E-state index contributed by atoms with van der Waals surface area (Å²) in [5.74, 6) is 0.930. The first-order valence-corrected chi connectivity index (χ1v) is 11.1. The zero-order valence-corrected chi connectivity index (χ0v) is 17.1. The Morgan fingerprint density at radius 1 is 1.28 bits per heavy atom. The number of nitrogens with one attached hydrogen (secondary N) is 2. The number of carbonyl (C=O) groups is 1. The van der Waals surface area contributed by atoms with Crippen LogP contribution in [0.5, 0.6) is 0 Å². The lowest BCUT2D eigenvalue weighted by Gasteiger charge is -2.29. The zero-order chi connectivity index (χ0) is 19.1. The highest BCUT2D eigenvalue weighted by atomic mass is 32.2. The molecule has 1 atom stereocenters. The standard InChI is InChI=1S/C17H34N4O3S/c1-6-18-16(20-14(2)9-12-25(5,23)24)19-13-17(10-7-8-11-17)15(22)21(3)4/h14H,6-13H2,1-5H3,(H2,18,19,20). The van der Waals surface area contributed by atoms with Crippen molar-refractivity contribution < 1.29 is 13.2 Å². The Hall–Kier alpha value is -1.31. The summed E-state index contributed by atoms with van der Waals surface area (Å²) in [6, 6.07) is -0.0170. The van der Waals surface area contributed by atoms with E-state index >= 15 is 0 Å². The van der Waals surface area contributed by atoms with Crippen LogP contribution in [0.25, 0.3) is 0 Å². The van der Waals surface area contributed by atoms with Crippen LogP contribution in [0.4, 0.5) is 0 Å². The maximum absolute atomic E-state index is 12.6. The molecule has 0 aliphatic heterocycles. The van der Waals surface area contributed by atoms with Crippen molar-refractivity contribution in [1.82, 2.24) is 15.5 Å². The molecule has 2 N–H and O–H groups in total. The van der Waals surface area contributed by atoms with E-state index in [9.17, 15) is 13.2 Å². The number of hydrogen-bond acceptors (Lipinski definition) is 4. The molecular weight excluding hydrogens is 340 g/mol. The van der Waals surface area contributed by atoms with Gasteiger partial charge in [0.05, 0.1) is 17.7 Å². The number of carbonyl (C=O) groups excluding carboxylic acids is 1. The lowest BCUT2D eigenvalue weighted by molar-refractivity contribution is -0.138. The smallest absolute Gasteiger partial charge is 0.230 e. The molecule has 1 saturated carbocycles. The third-order valence-electron chi connectivity index (χ3n) is 4.61. The molecule has 0 bridgehead atoms. The molecule has 0 radical (unpaired) electrons. The molecule has 1 unspecified atom stereocenters. The Kier molecular flexibility index (Phi) is 8.18. The summed E-state index contributed by atoms with van der Waals surface area (Å²) in [5, 5.41) is 6.43. The molecule has 0 aromatic rings. The first-order valence-electron chi connectivity index (χ1n) is 9.04. The van der Waals surface area contributed by atoms with Crippen molar-refractivity contribution in [1.29, 1.82) is 0 Å². The van der Waals surface area contributed by atoms with Crippen molar-refractivity contribution in [2.24, 2.45) is 10.4 Å². The molecular formula is C17H34N4O3S. The van der Waals surface area contributed by atoms with E-state index in [1.165, 1.54) is 6.26 Å². The fourth-order valence-corrected chi connectivity index (χ4v) is 3.99. The van der Waals surface area contributed by atoms with Gasteiger partial charge < -0.3 is 15.5 Å². The molecule has 1 rings (SSSR count). The lowest BCUT2D eigenvalue weighted by Crippen LogP contribution is -2.45. The van der Waals surface area contributed by atoms with Crippen LogP contribution in [-0.4, -0.2) is 70.4 Å². The van der Waals surface area contributed by atoms with Crippen LogP contribution in [0.1, 0.15) is 46.0 Å². The molecule has 0 saturated heterocycles. The van der Waals surface area contributed by atoms with Crippen molar-refractivity contribution in [2.75, 3.05) is 39.2 Å². The van der Waals surface area contributed by atoms with Crippen molar-refractivity contribution in [2.45, 2.75) is 52.0 Å². The van der Waals surface area contributed by atoms with E-state index in [1.807, 2.05) is 13.8 Å². The molecule has 7 nitrogen and oxygen atoms in total. The van der Waals surface area contributed by atoms with Crippen molar-refractivity contribution in [3.63, 3.8) is 0 Å². The average Bonchev–Trinajstić information content (AvgIpc) is 2.99. The van der Waals surface area contributed by atoms with Gasteiger partial charge in [0.15, 0.2) is 5.96 Å². The van der Waals surface area contributed by atoms with Crippen LogP contribution in [0.3, 0.4) is 0 Å². The Balaban J connectivity index is 2.77. The molecule has 0 aromatic heterocycles. The van der Waals surface area contributed by atoms with Crippen molar-refractivity contribution >= 4 is 21.7 Å². The second-order valence-corrected chi connectivity index (χ2v) is 9.61. The van der Waals surface area contributed by atoms with Crippen LogP contribution in [-0.2, 0) is 14.6 Å². The van der Waals surface area contributed by atoms with Gasteiger partial charge in [0.25, 0.3) is 0 Å². The summed E-state index contributed by atoms with van der Waals surface area (Å²) < 4.78 is 22.6. The zero-order valence-electron chi connectivity index (χ0n) is 16.3. The van der Waals surface area contributed by atoms with Gasteiger partial charge in [0, 0.05) is 32.9 Å². The summed E-state index contributed by atoms with van der Waals surface area (Å²) >= 11 is 0. The van der Waals surface area contributed by atoms with Gasteiger partial charge in [-0.2, -0.15) is 0 Å². The summed E-state index contributed by atoms with van der Waals surface area (Å²) in [7, 11) is 0.615. The number of hydrogen-bond donors (Lipinski definition) is 2. The average molecular weight is 375 g/mol. The quantitative estimate of drug-likeness (QED) is 0.489. The van der Waals surface area contributed by atoms with Crippen LogP contribution in [0.15, 0.2) is 4.99 Å². The minimum absolute atomic E-state index is 0.0170. The van der Waals surface area contributed by atoms with Gasteiger partial charge in [-0.15, -0.1) is 0 Å². The Labute approximate surface area is 152 Å². The summed E-state index contributed by atoms with van der Waals surface area (Å²) in [4.78, 5) is 18.9. The van der Waals surface area contributed by atoms with E-state index in [1.54, 1.807) is 19.0 Å². The predicted octanol–water partition coefficient (Wildman–Crippen LogP) is 1.01. The van der Waals surface area contributed by atoms with Gasteiger partial charge >= 0.3 is 0 Å². The predicted molar refractivity (Wildman–Crippen MR) is 102 cm³/mol. The number of guanidine groups is 1. The summed E-state index contributed by atoms with van der Waals surface area (Å²) in [5.41, 5.74) is -0.401. The van der Waals surface area contributed by atoms with Gasteiger partial charge in [-0.3, -0.25) is 9.79 Å². The highest BCUT2D eigenvalue weighted by Gasteiger charge is 2.42. The normalized spacial score (nSPS) is 18.7. The third kappa shape index (κ3) is 7.22. The number of nitrogens with zero attached hydrogens (tertiary/aromatic N) is 2. The second kappa shape index (κ2) is 9.40. The van der Waals surface area contributed by atoms with Crippen LogP contribution >= 0.6 is 0 Å². The molecule has 0 heterocycles. The van der Waals surface area contributed by atoms with E-state index in [4.69, 9.17) is 0 Å². The number of rotatable bonds is 8. The maximum Gasteiger partial charge on any atom is 0.230 e. The van der Waals surface area contributed by atoms with E-state index in [2.05, 4.69) is 15.6 Å². The summed E-state index contributed by atoms with van der Waals surface area (Å²) in [6.45, 7) is 5.08. The van der Waals surface area contributed by atoms with Crippen molar-refractivity contribution in [3.8, 4) is 0 Å². The van der Waals surface area contributed by atoms with E-state index < -0.39 is 15.3 Å². The SMILES string of the molecule is CCNC(=NCC1(C(=O)N(C)C)CCCC1)NC(C)CCS(C)(=O)=O. The number of amides is 1. The summed E-state index contributed by atoms with van der Waals surface area (Å²) in [6.07, 6.45) is 5.63. The van der Waals surface area contributed by atoms with Crippen LogP contribution in [0.2, 0.25) is 0 Å². The monoisotopic (exact) mass is 374 g/mol. The van der Waals surface area contributed by atoms with Gasteiger partial charge in [0.1, 0.15) is 9.84 Å². The molecule has 1 aliphatic carbocycles. The highest BCUT2D eigenvalue weighted by Crippen LogP contribution is 2.39. The molecule has 1 fully saturated rings. The molecule has 25 heavy (non-hydrogen) atoms. The molecule has 0 aromatic carbocycles. The minimum atomic E-state index is -2.97. The maximum atomic E-state index is 12.6. The Morgan fingerprint density at radius 3 is 2.36 bits per heavy atom. The number of sulfone groups is 1. The largest absolute Gasteiger partial charge is 0.357 e. The molecule has 146 valence electrons. The van der Waals surface area contributed by atoms with E-state index in [0.717, 1.165) is 25.7 Å². The topological polar surface area (TPSA) is 90.9 Å². The van der Waals surface area contributed by atoms with Gasteiger partial charge in [0.2, 0.25) is 5.91 Å². The van der Waals surface area contributed by atoms with E-state index in [-0.39, 0.29) is 17.7 Å². The Morgan fingerprint density at radius 2 is 1.88 bits per heavy atom. The van der Waals surface area contributed by atoms with Gasteiger partial charge in [-0.05, 0) is 33.1 Å². The molecule has 8 heteroatoms. The molecule has 1 amide bonds. The van der Waals surface area contributed by atoms with Gasteiger partial charge in [-0.1, -0.05) is 12.8 Å². The molecule has 1 aliphatic rings. The molecule has 0 spiro atoms. The fraction of sp³-hybridized carbons (Fsp3) is 0.882. The highest BCUT2D eigenvalue weighted by molar-refractivity contribution is 7.90. The van der Waals surface area contributed by atoms with Crippen molar-refractivity contribution in [3.05, 3.63) is 0 Å². The Bertz CT molecular complexity index is 566. The minimum Gasteiger partial charge on any atom is -0.357 e. The fourth-order valence-electron chi connectivity index (χ4n) is 3.21. The first kappa shape index (κ1) is 21.7. The van der Waals surface area contributed by atoms with Crippen LogP contribution < -0.4 is 10.6 Å².